The molecule has 0 aliphatic heterocycles. The van der Waals surface area contributed by atoms with E-state index in [-0.39, 0.29) is 31.3 Å². The number of nitrogens with one attached hydrogen (secondary N) is 1. The van der Waals surface area contributed by atoms with E-state index >= 15 is 0 Å². The number of hydrogen-bond acceptors (Lipinski definition) is 3. The van der Waals surface area contributed by atoms with Gasteiger partial charge in [-0.15, -0.1) is 0 Å². The molecule has 0 saturated carbocycles. The monoisotopic (exact) mass is 624 g/mol. The Hall–Kier alpha value is -4.65. The van der Waals surface area contributed by atoms with Gasteiger partial charge in [0.05, 0.1) is 6.42 Å². The molecular weight excluding hydrogens is 595 g/mol. The molecule has 0 heterocycles. The highest BCUT2D eigenvalue weighted by molar-refractivity contribution is 6.35. The molecule has 5 aromatic rings. The normalized spacial score (nSPS) is 10.9. The van der Waals surface area contributed by atoms with Crippen molar-refractivity contribution in [3.63, 3.8) is 0 Å². The number of carboxylic acids is 1. The Morgan fingerprint density at radius 3 is 2.11 bits per heavy atom. The van der Waals surface area contributed by atoms with Gasteiger partial charge in [-0.05, 0) is 63.7 Å². The molecule has 0 aliphatic rings. The average molecular weight is 626 g/mol. The summed E-state index contributed by atoms with van der Waals surface area (Å²) in [4.78, 5) is 40.5. The second-order valence-corrected chi connectivity index (χ2v) is 11.2. The zero-order valence-electron chi connectivity index (χ0n) is 23.8. The van der Waals surface area contributed by atoms with Crippen molar-refractivity contribution >= 4 is 51.8 Å². The average Bonchev–Trinajstić information content (AvgIpc) is 3.04. The molecule has 2 N–H and O–H groups in total. The lowest BCUT2D eigenvalue weighted by Crippen LogP contribution is -2.35. The Kier molecular flexibility index (Phi) is 9.95. The fraction of sp³-hybridized carbons (Fsp3) is 0.139. The molecule has 0 saturated heterocycles. The summed E-state index contributed by atoms with van der Waals surface area (Å²) >= 11 is 12.4. The zero-order chi connectivity index (χ0) is 31.1. The van der Waals surface area contributed by atoms with E-state index in [4.69, 9.17) is 23.2 Å². The third-order valence-corrected chi connectivity index (χ3v) is 8.07. The molecule has 0 aliphatic carbocycles. The van der Waals surface area contributed by atoms with Crippen molar-refractivity contribution in [3.05, 3.63) is 141 Å². The quantitative estimate of drug-likeness (QED) is 0.156. The molecular formula is C36H30Cl2N2O4. The van der Waals surface area contributed by atoms with Crippen LogP contribution in [0, 0.1) is 0 Å². The number of carbonyl (C=O) groups is 3. The van der Waals surface area contributed by atoms with Gasteiger partial charge in [0.25, 0.3) is 11.8 Å². The summed E-state index contributed by atoms with van der Waals surface area (Å²) in [6.45, 7) is 0.598. The van der Waals surface area contributed by atoms with E-state index < -0.39 is 5.97 Å². The molecule has 44 heavy (non-hydrogen) atoms. The van der Waals surface area contributed by atoms with Crippen LogP contribution in [-0.2, 0) is 17.8 Å². The largest absolute Gasteiger partial charge is 0.481 e. The number of aliphatic carboxylic acids is 1. The van der Waals surface area contributed by atoms with E-state index in [2.05, 4.69) is 5.32 Å². The van der Waals surface area contributed by atoms with Gasteiger partial charge in [-0.1, -0.05) is 108 Å². The van der Waals surface area contributed by atoms with Gasteiger partial charge in [-0.25, -0.2) is 0 Å². The molecule has 0 aromatic heterocycles. The molecule has 8 heteroatoms. The first-order valence-electron chi connectivity index (χ1n) is 14.2. The summed E-state index contributed by atoms with van der Waals surface area (Å²) < 4.78 is 0. The minimum Gasteiger partial charge on any atom is -0.481 e. The van der Waals surface area contributed by atoms with Crippen molar-refractivity contribution in [2.45, 2.75) is 19.4 Å². The fourth-order valence-electron chi connectivity index (χ4n) is 5.23. The lowest BCUT2D eigenvalue weighted by molar-refractivity contribution is -0.137. The predicted molar refractivity (Wildman–Crippen MR) is 175 cm³/mol. The van der Waals surface area contributed by atoms with Gasteiger partial charge in [0.2, 0.25) is 0 Å². The standard InChI is InChI=1S/C36H30Cl2N2O4/c37-27-17-16-25(33(38)22-27)18-20-40(21-19-34(41)42)36(44)32-15-6-4-13-30(32)29-12-3-5-14-31(29)35(43)39-23-26-10-7-9-24-8-1-2-11-28(24)26/h1-17,22H,18-21,23H2,(H,39,43)(H,41,42). The first kappa shape index (κ1) is 30.8. The third-order valence-electron chi connectivity index (χ3n) is 7.49. The minimum absolute atomic E-state index is 0.0148. The van der Waals surface area contributed by atoms with Crippen LogP contribution in [0.25, 0.3) is 21.9 Å². The third kappa shape index (κ3) is 7.28. The lowest BCUT2D eigenvalue weighted by Gasteiger charge is -2.24. The van der Waals surface area contributed by atoms with Crippen molar-refractivity contribution in [2.75, 3.05) is 13.1 Å². The van der Waals surface area contributed by atoms with Gasteiger partial charge in [-0.3, -0.25) is 14.4 Å². The number of benzene rings is 5. The highest BCUT2D eigenvalue weighted by Crippen LogP contribution is 2.29. The van der Waals surface area contributed by atoms with Crippen LogP contribution in [0.15, 0.2) is 109 Å². The van der Waals surface area contributed by atoms with Crippen LogP contribution in [0.5, 0.6) is 0 Å². The minimum atomic E-state index is -1.01. The summed E-state index contributed by atoms with van der Waals surface area (Å²) in [5, 5.41) is 15.6. The number of fused-ring (bicyclic) bond motifs is 1. The van der Waals surface area contributed by atoms with Crippen molar-refractivity contribution in [2.24, 2.45) is 0 Å². The van der Waals surface area contributed by atoms with Gasteiger partial charge >= 0.3 is 5.97 Å². The predicted octanol–water partition coefficient (Wildman–Crippen LogP) is 7.90. The van der Waals surface area contributed by atoms with E-state index in [0.717, 1.165) is 21.9 Å². The van der Waals surface area contributed by atoms with E-state index in [1.54, 1.807) is 48.5 Å². The molecule has 0 radical (unpaired) electrons. The summed E-state index contributed by atoms with van der Waals surface area (Å²) in [7, 11) is 0. The molecule has 0 bridgehead atoms. The second-order valence-electron chi connectivity index (χ2n) is 10.3. The van der Waals surface area contributed by atoms with Crippen LogP contribution in [0.2, 0.25) is 10.0 Å². The van der Waals surface area contributed by atoms with Crippen molar-refractivity contribution in [1.29, 1.82) is 0 Å². The molecule has 222 valence electrons. The Labute approximate surface area is 265 Å². The molecule has 5 rings (SSSR count). The number of hydrogen-bond donors (Lipinski definition) is 2. The van der Waals surface area contributed by atoms with Crippen molar-refractivity contribution < 1.29 is 19.5 Å². The molecule has 0 fully saturated rings. The van der Waals surface area contributed by atoms with Crippen LogP contribution in [-0.4, -0.2) is 40.9 Å². The van der Waals surface area contributed by atoms with Gasteiger partial charge < -0.3 is 15.3 Å². The summed E-state index contributed by atoms with van der Waals surface area (Å²) in [6.07, 6.45) is 0.201. The van der Waals surface area contributed by atoms with Crippen molar-refractivity contribution in [1.82, 2.24) is 10.2 Å². The molecule has 2 amide bonds. The number of carboxylic acid groups (broad SMARTS) is 1. The molecule has 0 atom stereocenters. The van der Waals surface area contributed by atoms with Crippen LogP contribution < -0.4 is 5.32 Å². The highest BCUT2D eigenvalue weighted by Gasteiger charge is 2.23. The van der Waals surface area contributed by atoms with Crippen LogP contribution in [0.1, 0.15) is 38.3 Å². The first-order chi connectivity index (χ1) is 21.3. The van der Waals surface area contributed by atoms with Gasteiger partial charge in [0.15, 0.2) is 0 Å². The Morgan fingerprint density at radius 1 is 0.705 bits per heavy atom. The van der Waals surface area contributed by atoms with Gasteiger partial charge in [0.1, 0.15) is 0 Å². The van der Waals surface area contributed by atoms with Crippen LogP contribution >= 0.6 is 23.2 Å². The number of nitrogens with zero attached hydrogens (tertiary/aromatic N) is 1. The summed E-state index contributed by atoms with van der Waals surface area (Å²) in [5.41, 5.74) is 3.78. The summed E-state index contributed by atoms with van der Waals surface area (Å²) in [6, 6.07) is 33.4. The van der Waals surface area contributed by atoms with Crippen LogP contribution in [0.3, 0.4) is 0 Å². The smallest absolute Gasteiger partial charge is 0.305 e. The first-order valence-corrected chi connectivity index (χ1v) is 15.0. The number of halogens is 2. The molecule has 0 spiro atoms. The Balaban J connectivity index is 1.41. The van der Waals surface area contributed by atoms with E-state index in [9.17, 15) is 19.5 Å². The SMILES string of the molecule is O=C(O)CCN(CCc1ccc(Cl)cc1Cl)C(=O)c1ccccc1-c1ccccc1C(=O)NCc1cccc2ccccc12. The van der Waals surface area contributed by atoms with E-state index in [1.807, 2.05) is 60.7 Å². The maximum Gasteiger partial charge on any atom is 0.305 e. The highest BCUT2D eigenvalue weighted by atomic mass is 35.5. The zero-order valence-corrected chi connectivity index (χ0v) is 25.3. The number of rotatable bonds is 11. The Morgan fingerprint density at radius 2 is 1.36 bits per heavy atom. The van der Waals surface area contributed by atoms with E-state index in [0.29, 0.717) is 45.3 Å². The fourth-order valence-corrected chi connectivity index (χ4v) is 5.74. The van der Waals surface area contributed by atoms with Crippen LogP contribution in [0.4, 0.5) is 0 Å². The van der Waals surface area contributed by atoms with E-state index in [1.165, 1.54) is 4.90 Å². The van der Waals surface area contributed by atoms with Gasteiger partial charge in [-0.2, -0.15) is 0 Å². The molecule has 6 nitrogen and oxygen atoms in total. The lowest BCUT2D eigenvalue weighted by atomic mass is 9.94. The number of amides is 2. The van der Waals surface area contributed by atoms with Gasteiger partial charge in [0, 0.05) is 40.8 Å². The maximum absolute atomic E-state index is 14.0. The van der Waals surface area contributed by atoms with Crippen molar-refractivity contribution in [3.8, 4) is 11.1 Å². The topological polar surface area (TPSA) is 86.7 Å². The number of carbonyl (C=O) groups excluding carboxylic acids is 2. The molecule has 5 aromatic carbocycles. The molecule has 0 unspecified atom stereocenters. The maximum atomic E-state index is 14.0. The summed E-state index contributed by atoms with van der Waals surface area (Å²) in [5.74, 6) is -1.61. The second kappa shape index (κ2) is 14.2. The Bertz CT molecular complexity index is 1830.